The van der Waals surface area contributed by atoms with Crippen LogP contribution in [0.4, 0.5) is 13.2 Å². The Kier molecular flexibility index (Phi) is 3.55. The minimum Gasteiger partial charge on any atom is -0.256 e. The summed E-state index contributed by atoms with van der Waals surface area (Å²) in [5.74, 6) is -0.971. The van der Waals surface area contributed by atoms with Gasteiger partial charge in [-0.15, -0.1) is 11.6 Å². The maximum atomic E-state index is 13.1. The molecule has 1 nitrogen and oxygen atoms in total. The van der Waals surface area contributed by atoms with E-state index < -0.39 is 17.8 Å². The number of hydrogen-bond acceptors (Lipinski definition) is 1. The van der Waals surface area contributed by atoms with Crippen molar-refractivity contribution >= 4 is 27.5 Å². The number of halogens is 5. The second kappa shape index (κ2) is 4.28. The Morgan fingerprint density at radius 1 is 1.54 bits per heavy atom. The summed E-state index contributed by atoms with van der Waals surface area (Å²) in [7, 11) is 0. The standard InChI is InChI=1S/C7H4BrClF3N/c8-5-3(7(11)12)2-13-4(1-9)6(5)10/h2,7H,1H2. The quantitative estimate of drug-likeness (QED) is 0.750. The molecule has 13 heavy (non-hydrogen) atoms. The van der Waals surface area contributed by atoms with Gasteiger partial charge in [-0.3, -0.25) is 4.98 Å². The molecule has 0 bridgehead atoms. The third-order valence-corrected chi connectivity index (χ3v) is 2.48. The van der Waals surface area contributed by atoms with Crippen LogP contribution >= 0.6 is 27.5 Å². The van der Waals surface area contributed by atoms with Crippen LogP contribution in [0, 0.1) is 5.82 Å². The summed E-state index contributed by atoms with van der Waals surface area (Å²) in [6.45, 7) is 0. The number of alkyl halides is 3. The highest BCUT2D eigenvalue weighted by Crippen LogP contribution is 2.30. The van der Waals surface area contributed by atoms with E-state index in [1.54, 1.807) is 0 Å². The molecule has 0 amide bonds. The third kappa shape index (κ3) is 2.14. The molecule has 1 heterocycles. The Hall–Kier alpha value is -0.290. The van der Waals surface area contributed by atoms with Crippen molar-refractivity contribution in [2.24, 2.45) is 0 Å². The molecule has 0 unspecified atom stereocenters. The molecular weight excluding hydrogens is 270 g/mol. The molecule has 0 saturated heterocycles. The van der Waals surface area contributed by atoms with E-state index in [9.17, 15) is 13.2 Å². The van der Waals surface area contributed by atoms with Crippen molar-refractivity contribution in [2.45, 2.75) is 12.3 Å². The first-order chi connectivity index (χ1) is 6.07. The number of rotatable bonds is 2. The van der Waals surface area contributed by atoms with Crippen LogP contribution in [0.2, 0.25) is 0 Å². The Morgan fingerprint density at radius 2 is 2.15 bits per heavy atom. The number of aromatic nitrogens is 1. The molecule has 1 rings (SSSR count). The van der Waals surface area contributed by atoms with E-state index in [2.05, 4.69) is 20.9 Å². The van der Waals surface area contributed by atoms with Crippen molar-refractivity contribution in [3.8, 4) is 0 Å². The van der Waals surface area contributed by atoms with Gasteiger partial charge in [-0.1, -0.05) is 0 Å². The van der Waals surface area contributed by atoms with Gasteiger partial charge >= 0.3 is 0 Å². The molecule has 0 atom stereocenters. The first-order valence-corrected chi connectivity index (χ1v) is 4.57. The normalized spacial score (nSPS) is 10.9. The van der Waals surface area contributed by atoms with Crippen LogP contribution in [-0.2, 0) is 5.88 Å². The summed E-state index contributed by atoms with van der Waals surface area (Å²) >= 11 is 8.04. The zero-order chi connectivity index (χ0) is 10.0. The largest absolute Gasteiger partial charge is 0.266 e. The average Bonchev–Trinajstić information content (AvgIpc) is 2.09. The van der Waals surface area contributed by atoms with Crippen LogP contribution < -0.4 is 0 Å². The van der Waals surface area contributed by atoms with Crippen molar-refractivity contribution in [3.63, 3.8) is 0 Å². The highest BCUT2D eigenvalue weighted by molar-refractivity contribution is 9.10. The smallest absolute Gasteiger partial charge is 0.256 e. The fraction of sp³-hybridized carbons (Fsp3) is 0.286. The van der Waals surface area contributed by atoms with Gasteiger partial charge in [-0.05, 0) is 15.9 Å². The van der Waals surface area contributed by atoms with Crippen LogP contribution in [0.1, 0.15) is 17.7 Å². The Balaban J connectivity index is 3.23. The zero-order valence-corrected chi connectivity index (χ0v) is 8.54. The Labute approximate surface area is 86.0 Å². The fourth-order valence-corrected chi connectivity index (χ4v) is 1.45. The van der Waals surface area contributed by atoms with Gasteiger partial charge in [0.2, 0.25) is 0 Å². The van der Waals surface area contributed by atoms with E-state index >= 15 is 0 Å². The molecule has 0 aliphatic heterocycles. The van der Waals surface area contributed by atoms with Gasteiger partial charge in [0.1, 0.15) is 0 Å². The van der Waals surface area contributed by atoms with Crippen molar-refractivity contribution in [3.05, 3.63) is 27.7 Å². The molecule has 0 spiro atoms. The molecule has 0 fully saturated rings. The lowest BCUT2D eigenvalue weighted by molar-refractivity contribution is 0.149. The molecule has 0 radical (unpaired) electrons. The molecule has 1 aromatic rings. The van der Waals surface area contributed by atoms with Gasteiger partial charge < -0.3 is 0 Å². The predicted molar refractivity (Wildman–Crippen MR) is 46.4 cm³/mol. The summed E-state index contributed by atoms with van der Waals surface area (Å²) in [6, 6.07) is 0. The number of nitrogens with zero attached hydrogens (tertiary/aromatic N) is 1. The van der Waals surface area contributed by atoms with Crippen molar-refractivity contribution in [1.82, 2.24) is 4.98 Å². The van der Waals surface area contributed by atoms with Gasteiger partial charge in [-0.2, -0.15) is 0 Å². The highest BCUT2D eigenvalue weighted by Gasteiger charge is 2.18. The molecular formula is C7H4BrClF3N. The summed E-state index contributed by atoms with van der Waals surface area (Å²) < 4.78 is 37.2. The molecule has 0 saturated carbocycles. The van der Waals surface area contributed by atoms with Crippen molar-refractivity contribution < 1.29 is 13.2 Å². The second-order valence-electron chi connectivity index (χ2n) is 2.22. The highest BCUT2D eigenvalue weighted by atomic mass is 79.9. The van der Waals surface area contributed by atoms with E-state index in [0.717, 1.165) is 6.20 Å². The van der Waals surface area contributed by atoms with Gasteiger partial charge in [0.25, 0.3) is 6.43 Å². The van der Waals surface area contributed by atoms with E-state index in [0.29, 0.717) is 0 Å². The predicted octanol–water partition coefficient (Wildman–Crippen LogP) is 3.66. The maximum absolute atomic E-state index is 13.1. The summed E-state index contributed by atoms with van der Waals surface area (Å²) in [5, 5.41) is 0. The van der Waals surface area contributed by atoms with E-state index in [1.165, 1.54) is 0 Å². The number of hydrogen-bond donors (Lipinski definition) is 0. The minimum absolute atomic E-state index is 0.0436. The zero-order valence-electron chi connectivity index (χ0n) is 6.20. The molecule has 0 aromatic carbocycles. The Bertz CT molecular complexity index is 319. The lowest BCUT2D eigenvalue weighted by atomic mass is 10.2. The van der Waals surface area contributed by atoms with Crippen molar-refractivity contribution in [2.75, 3.05) is 0 Å². The summed E-state index contributed by atoms with van der Waals surface area (Å²) in [5.41, 5.74) is -0.510. The fourth-order valence-electron chi connectivity index (χ4n) is 0.760. The molecule has 0 aliphatic carbocycles. The van der Waals surface area contributed by atoms with Crippen molar-refractivity contribution in [1.29, 1.82) is 0 Å². The van der Waals surface area contributed by atoms with E-state index in [1.807, 2.05) is 0 Å². The molecule has 72 valence electrons. The van der Waals surface area contributed by atoms with Crippen LogP contribution in [0.25, 0.3) is 0 Å². The van der Waals surface area contributed by atoms with Gasteiger partial charge in [0, 0.05) is 6.20 Å². The summed E-state index contributed by atoms with van der Waals surface area (Å²) in [4.78, 5) is 3.46. The topological polar surface area (TPSA) is 12.9 Å². The minimum atomic E-state index is -2.75. The van der Waals surface area contributed by atoms with Crippen LogP contribution in [0.3, 0.4) is 0 Å². The van der Waals surface area contributed by atoms with E-state index in [4.69, 9.17) is 11.6 Å². The van der Waals surface area contributed by atoms with Gasteiger partial charge in [-0.25, -0.2) is 13.2 Å². The molecule has 6 heteroatoms. The monoisotopic (exact) mass is 273 g/mol. The van der Waals surface area contributed by atoms with Gasteiger partial charge in [0.05, 0.1) is 21.6 Å². The first kappa shape index (κ1) is 10.8. The van der Waals surface area contributed by atoms with Crippen LogP contribution in [-0.4, -0.2) is 4.98 Å². The third-order valence-electron chi connectivity index (χ3n) is 1.42. The van der Waals surface area contributed by atoms with Crippen LogP contribution in [0.5, 0.6) is 0 Å². The lowest BCUT2D eigenvalue weighted by Crippen LogP contribution is -1.98. The average molecular weight is 274 g/mol. The second-order valence-corrected chi connectivity index (χ2v) is 3.28. The molecule has 0 aliphatic rings. The molecule has 1 aromatic heterocycles. The van der Waals surface area contributed by atoms with Crippen LogP contribution in [0.15, 0.2) is 10.7 Å². The van der Waals surface area contributed by atoms with E-state index in [-0.39, 0.29) is 16.0 Å². The first-order valence-electron chi connectivity index (χ1n) is 3.24. The maximum Gasteiger partial charge on any atom is 0.266 e. The van der Waals surface area contributed by atoms with Gasteiger partial charge in [0.15, 0.2) is 5.82 Å². The number of pyridine rings is 1. The Morgan fingerprint density at radius 3 is 2.62 bits per heavy atom. The summed E-state index contributed by atoms with van der Waals surface area (Å²) in [6.07, 6.45) is -1.84. The lowest BCUT2D eigenvalue weighted by Gasteiger charge is -2.05. The molecule has 0 N–H and O–H groups in total. The SMILES string of the molecule is Fc1c(CCl)ncc(C(F)F)c1Br.